The van der Waals surface area contributed by atoms with Gasteiger partial charge in [0.15, 0.2) is 0 Å². The second-order valence-electron chi connectivity index (χ2n) is 4.60. The molecule has 0 aliphatic heterocycles. The number of hydrogen-bond acceptors (Lipinski definition) is 4. The summed E-state index contributed by atoms with van der Waals surface area (Å²) in [4.78, 5) is 16.4. The minimum absolute atomic E-state index is 0.233. The SMILES string of the molecule is CCCNc1cc(C(=O)NCc2ccnn2C)c(Cl)cn1. The van der Waals surface area contributed by atoms with Crippen LogP contribution in [0, 0.1) is 0 Å². The van der Waals surface area contributed by atoms with Crippen molar-refractivity contribution in [3.63, 3.8) is 0 Å². The number of amides is 1. The molecule has 0 bridgehead atoms. The highest BCUT2D eigenvalue weighted by Crippen LogP contribution is 2.18. The molecule has 0 saturated heterocycles. The minimum Gasteiger partial charge on any atom is -0.370 e. The number of carbonyl (C=O) groups excluding carboxylic acids is 1. The Hall–Kier alpha value is -2.08. The van der Waals surface area contributed by atoms with Crippen molar-refractivity contribution < 1.29 is 4.79 Å². The van der Waals surface area contributed by atoms with Gasteiger partial charge in [-0.05, 0) is 18.6 Å². The maximum absolute atomic E-state index is 12.2. The second-order valence-corrected chi connectivity index (χ2v) is 5.01. The molecule has 0 fully saturated rings. The van der Waals surface area contributed by atoms with E-state index in [0.717, 1.165) is 18.7 Å². The Morgan fingerprint density at radius 3 is 2.95 bits per heavy atom. The molecule has 0 unspecified atom stereocenters. The van der Waals surface area contributed by atoms with Crippen LogP contribution in [0.25, 0.3) is 0 Å². The molecule has 112 valence electrons. The van der Waals surface area contributed by atoms with Gasteiger partial charge in [0.2, 0.25) is 0 Å². The fourth-order valence-electron chi connectivity index (χ4n) is 1.80. The highest BCUT2D eigenvalue weighted by atomic mass is 35.5. The molecular formula is C14H18ClN5O. The number of rotatable bonds is 6. The van der Waals surface area contributed by atoms with E-state index in [1.54, 1.807) is 16.9 Å². The monoisotopic (exact) mass is 307 g/mol. The molecule has 2 aromatic heterocycles. The second kappa shape index (κ2) is 7.08. The Balaban J connectivity index is 2.05. The largest absolute Gasteiger partial charge is 0.370 e. The third-order valence-corrected chi connectivity index (χ3v) is 3.31. The Morgan fingerprint density at radius 2 is 2.29 bits per heavy atom. The van der Waals surface area contributed by atoms with Crippen LogP contribution in [0.15, 0.2) is 24.5 Å². The van der Waals surface area contributed by atoms with Crippen LogP contribution >= 0.6 is 11.6 Å². The fraction of sp³-hybridized carbons (Fsp3) is 0.357. The summed E-state index contributed by atoms with van der Waals surface area (Å²) in [7, 11) is 1.83. The van der Waals surface area contributed by atoms with Crippen molar-refractivity contribution in [2.75, 3.05) is 11.9 Å². The fourth-order valence-corrected chi connectivity index (χ4v) is 1.99. The predicted molar refractivity (Wildman–Crippen MR) is 82.4 cm³/mol. The lowest BCUT2D eigenvalue weighted by molar-refractivity contribution is 0.0950. The molecule has 21 heavy (non-hydrogen) atoms. The summed E-state index contributed by atoms with van der Waals surface area (Å²) in [6.07, 6.45) is 4.15. The van der Waals surface area contributed by atoms with Gasteiger partial charge in [-0.25, -0.2) is 4.98 Å². The van der Waals surface area contributed by atoms with Crippen molar-refractivity contribution in [3.05, 3.63) is 40.8 Å². The van der Waals surface area contributed by atoms with Gasteiger partial charge in [0.05, 0.1) is 22.8 Å². The molecule has 6 nitrogen and oxygen atoms in total. The zero-order chi connectivity index (χ0) is 15.2. The average Bonchev–Trinajstić information content (AvgIpc) is 2.89. The van der Waals surface area contributed by atoms with Gasteiger partial charge in [-0.1, -0.05) is 18.5 Å². The van der Waals surface area contributed by atoms with Crippen LogP contribution in [-0.4, -0.2) is 27.2 Å². The molecule has 2 aromatic rings. The highest BCUT2D eigenvalue weighted by Gasteiger charge is 2.12. The molecule has 0 spiro atoms. The van der Waals surface area contributed by atoms with Gasteiger partial charge >= 0.3 is 0 Å². The Labute approximate surface area is 128 Å². The smallest absolute Gasteiger partial charge is 0.253 e. The zero-order valence-corrected chi connectivity index (χ0v) is 12.8. The lowest BCUT2D eigenvalue weighted by Crippen LogP contribution is -2.24. The van der Waals surface area contributed by atoms with Crippen molar-refractivity contribution in [1.29, 1.82) is 0 Å². The van der Waals surface area contributed by atoms with Gasteiger partial charge in [0.1, 0.15) is 5.82 Å². The molecular weight excluding hydrogens is 290 g/mol. The first-order valence-corrected chi connectivity index (χ1v) is 7.14. The van der Waals surface area contributed by atoms with Gasteiger partial charge in [-0.2, -0.15) is 5.10 Å². The molecule has 2 heterocycles. The number of carbonyl (C=O) groups is 1. The molecule has 0 radical (unpaired) electrons. The van der Waals surface area contributed by atoms with E-state index in [2.05, 4.69) is 27.6 Å². The van der Waals surface area contributed by atoms with E-state index < -0.39 is 0 Å². The predicted octanol–water partition coefficient (Wildman–Crippen LogP) is 2.22. The molecule has 0 saturated carbocycles. The van der Waals surface area contributed by atoms with Gasteiger partial charge in [0.25, 0.3) is 5.91 Å². The normalized spacial score (nSPS) is 10.4. The lowest BCUT2D eigenvalue weighted by atomic mass is 10.2. The Kier molecular flexibility index (Phi) is 5.16. The van der Waals surface area contributed by atoms with Gasteiger partial charge < -0.3 is 10.6 Å². The van der Waals surface area contributed by atoms with Crippen molar-refractivity contribution >= 4 is 23.3 Å². The van der Waals surface area contributed by atoms with E-state index in [1.807, 2.05) is 13.1 Å². The molecule has 2 N–H and O–H groups in total. The summed E-state index contributed by atoms with van der Waals surface area (Å²) >= 11 is 6.05. The van der Waals surface area contributed by atoms with Crippen LogP contribution < -0.4 is 10.6 Å². The number of hydrogen-bond donors (Lipinski definition) is 2. The first-order valence-electron chi connectivity index (χ1n) is 6.76. The minimum atomic E-state index is -0.233. The van der Waals surface area contributed by atoms with Crippen LogP contribution in [0.1, 0.15) is 29.4 Å². The first-order chi connectivity index (χ1) is 10.1. The van der Waals surface area contributed by atoms with Crippen LogP contribution in [0.5, 0.6) is 0 Å². The summed E-state index contributed by atoms with van der Waals surface area (Å²) in [6, 6.07) is 3.51. The Morgan fingerprint density at radius 1 is 1.48 bits per heavy atom. The number of aromatic nitrogens is 3. The van der Waals surface area contributed by atoms with Gasteiger partial charge in [0, 0.05) is 26.0 Å². The van der Waals surface area contributed by atoms with E-state index in [9.17, 15) is 4.79 Å². The van der Waals surface area contributed by atoms with Crippen molar-refractivity contribution in [2.45, 2.75) is 19.9 Å². The quantitative estimate of drug-likeness (QED) is 0.858. The summed E-state index contributed by atoms with van der Waals surface area (Å²) in [6.45, 7) is 3.25. The van der Waals surface area contributed by atoms with E-state index in [-0.39, 0.29) is 5.91 Å². The standard InChI is InChI=1S/C14H18ClN5O/c1-3-5-16-13-7-11(12(15)9-17-13)14(21)18-8-10-4-6-19-20(10)2/h4,6-7,9H,3,5,8H2,1-2H3,(H,16,17)(H,18,21). The van der Waals surface area contributed by atoms with Gasteiger partial charge in [-0.3, -0.25) is 9.48 Å². The number of anilines is 1. The summed E-state index contributed by atoms with van der Waals surface area (Å²) in [5, 5.41) is 10.3. The summed E-state index contributed by atoms with van der Waals surface area (Å²) in [5.41, 5.74) is 1.32. The number of aryl methyl sites for hydroxylation is 1. The lowest BCUT2D eigenvalue weighted by Gasteiger charge is -2.09. The average molecular weight is 308 g/mol. The number of pyridine rings is 1. The Bertz CT molecular complexity index is 626. The van der Waals surface area contributed by atoms with Crippen molar-refractivity contribution in [3.8, 4) is 0 Å². The topological polar surface area (TPSA) is 71.8 Å². The molecule has 0 aromatic carbocycles. The highest BCUT2D eigenvalue weighted by molar-refractivity contribution is 6.33. The molecule has 2 rings (SSSR count). The first kappa shape index (κ1) is 15.3. The van der Waals surface area contributed by atoms with Crippen LogP contribution in [-0.2, 0) is 13.6 Å². The summed E-state index contributed by atoms with van der Waals surface area (Å²) < 4.78 is 1.71. The summed E-state index contributed by atoms with van der Waals surface area (Å²) in [5.74, 6) is 0.412. The van der Waals surface area contributed by atoms with Crippen molar-refractivity contribution in [2.24, 2.45) is 7.05 Å². The zero-order valence-electron chi connectivity index (χ0n) is 12.1. The van der Waals surface area contributed by atoms with E-state index in [1.165, 1.54) is 6.20 Å². The molecule has 0 aliphatic rings. The van der Waals surface area contributed by atoms with Crippen LogP contribution in [0.4, 0.5) is 5.82 Å². The van der Waals surface area contributed by atoms with Crippen LogP contribution in [0.2, 0.25) is 5.02 Å². The van der Waals surface area contributed by atoms with E-state index in [0.29, 0.717) is 22.9 Å². The number of halogens is 1. The van der Waals surface area contributed by atoms with Crippen molar-refractivity contribution in [1.82, 2.24) is 20.1 Å². The van der Waals surface area contributed by atoms with Crippen LogP contribution in [0.3, 0.4) is 0 Å². The molecule has 0 atom stereocenters. The maximum atomic E-state index is 12.2. The van der Waals surface area contributed by atoms with Gasteiger partial charge in [-0.15, -0.1) is 0 Å². The number of nitrogens with zero attached hydrogens (tertiary/aromatic N) is 3. The maximum Gasteiger partial charge on any atom is 0.253 e. The molecule has 1 amide bonds. The van der Waals surface area contributed by atoms with E-state index in [4.69, 9.17) is 11.6 Å². The molecule has 7 heteroatoms. The third-order valence-electron chi connectivity index (χ3n) is 3.01. The molecule has 0 aliphatic carbocycles. The number of nitrogens with one attached hydrogen (secondary N) is 2. The van der Waals surface area contributed by atoms with E-state index >= 15 is 0 Å². The third kappa shape index (κ3) is 3.95.